The summed E-state index contributed by atoms with van der Waals surface area (Å²) >= 11 is 0. The maximum absolute atomic E-state index is 11.9. The van der Waals surface area contributed by atoms with Crippen molar-refractivity contribution < 1.29 is 14.6 Å². The van der Waals surface area contributed by atoms with Crippen molar-refractivity contribution in [2.24, 2.45) is 0 Å². The van der Waals surface area contributed by atoms with Gasteiger partial charge in [0.2, 0.25) is 0 Å². The van der Waals surface area contributed by atoms with Crippen molar-refractivity contribution in [3.63, 3.8) is 0 Å². The van der Waals surface area contributed by atoms with Gasteiger partial charge in [-0.3, -0.25) is 0 Å². The molecule has 1 aliphatic heterocycles. The number of benzene rings is 2. The molecule has 0 spiro atoms. The topological polar surface area (TPSA) is 82.6 Å². The van der Waals surface area contributed by atoms with Gasteiger partial charge in [0.1, 0.15) is 6.10 Å². The van der Waals surface area contributed by atoms with Crippen LogP contribution in [0.1, 0.15) is 11.1 Å². The molecule has 0 bridgehead atoms. The van der Waals surface area contributed by atoms with Crippen LogP contribution in [0.4, 0.5) is 10.5 Å². The van der Waals surface area contributed by atoms with Crippen LogP contribution < -0.4 is 16.0 Å². The smallest absolute Gasteiger partial charge is 0.319 e. The number of anilines is 1. The van der Waals surface area contributed by atoms with Crippen LogP contribution in [0.15, 0.2) is 54.6 Å². The molecule has 1 heterocycles. The molecular weight excluding hydrogens is 330 g/mol. The number of carbonyl (C=O) groups excluding carboxylic acids is 1. The Balaban J connectivity index is 1.41. The van der Waals surface area contributed by atoms with Crippen molar-refractivity contribution in [2.45, 2.75) is 31.7 Å². The summed E-state index contributed by atoms with van der Waals surface area (Å²) in [6.45, 7) is 3.39. The molecule has 2 amide bonds. The number of aryl methyl sites for hydroxylation is 1. The quantitative estimate of drug-likeness (QED) is 0.639. The van der Waals surface area contributed by atoms with Crippen molar-refractivity contribution in [3.8, 4) is 0 Å². The lowest BCUT2D eigenvalue weighted by Gasteiger charge is -2.19. The second-order valence-corrected chi connectivity index (χ2v) is 6.54. The second-order valence-electron chi connectivity index (χ2n) is 6.54. The van der Waals surface area contributed by atoms with Gasteiger partial charge in [0.25, 0.3) is 0 Å². The average Bonchev–Trinajstić information content (AvgIpc) is 3.00. The number of para-hydroxylation sites is 1. The Hall–Kier alpha value is -2.41. The third-order valence-corrected chi connectivity index (χ3v) is 4.47. The number of carbonyl (C=O) groups is 1. The lowest BCUT2D eigenvalue weighted by Crippen LogP contribution is -2.45. The van der Waals surface area contributed by atoms with Crippen molar-refractivity contribution in [2.75, 3.05) is 18.5 Å². The predicted octanol–water partition coefficient (Wildman–Crippen LogP) is 2.03. The summed E-state index contributed by atoms with van der Waals surface area (Å²) in [5.41, 5.74) is 3.10. The normalized spacial score (nSPS) is 22.2. The van der Waals surface area contributed by atoms with E-state index in [2.05, 4.69) is 47.1 Å². The van der Waals surface area contributed by atoms with Crippen molar-refractivity contribution in [1.82, 2.24) is 10.6 Å². The summed E-state index contributed by atoms with van der Waals surface area (Å²) in [5.74, 6) is 0. The SMILES string of the molecule is Cc1ccc(CNC2COC(CNC(=O)Nc3ccccc3)C2O)cc1. The van der Waals surface area contributed by atoms with E-state index in [1.807, 2.05) is 30.3 Å². The maximum atomic E-state index is 11.9. The number of urea groups is 1. The van der Waals surface area contributed by atoms with E-state index in [1.165, 1.54) is 5.56 Å². The van der Waals surface area contributed by atoms with Crippen LogP contribution in [0.3, 0.4) is 0 Å². The summed E-state index contributed by atoms with van der Waals surface area (Å²) in [7, 11) is 0. The average molecular weight is 355 g/mol. The van der Waals surface area contributed by atoms with Gasteiger partial charge < -0.3 is 25.8 Å². The third kappa shape index (κ3) is 5.05. The molecule has 0 saturated carbocycles. The fourth-order valence-electron chi connectivity index (χ4n) is 2.89. The predicted molar refractivity (Wildman–Crippen MR) is 101 cm³/mol. The first-order valence-corrected chi connectivity index (χ1v) is 8.80. The molecule has 4 N–H and O–H groups in total. The monoisotopic (exact) mass is 355 g/mol. The van der Waals surface area contributed by atoms with Crippen molar-refractivity contribution >= 4 is 11.7 Å². The summed E-state index contributed by atoms with van der Waals surface area (Å²) in [6.07, 6.45) is -1.09. The third-order valence-electron chi connectivity index (χ3n) is 4.47. The van der Waals surface area contributed by atoms with Crippen LogP contribution in [0.25, 0.3) is 0 Å². The standard InChI is InChI=1S/C20H25N3O3/c1-14-7-9-15(10-8-14)11-21-17-13-26-18(19(17)24)12-22-20(25)23-16-5-3-2-4-6-16/h2-10,17-19,21,24H,11-13H2,1H3,(H2,22,23,25). The molecule has 6 heteroatoms. The highest BCUT2D eigenvalue weighted by Gasteiger charge is 2.35. The summed E-state index contributed by atoms with van der Waals surface area (Å²) in [4.78, 5) is 11.9. The van der Waals surface area contributed by atoms with Gasteiger partial charge in [0, 0.05) is 18.8 Å². The number of aliphatic hydroxyl groups excluding tert-OH is 1. The number of rotatable bonds is 6. The van der Waals surface area contributed by atoms with E-state index in [0.717, 1.165) is 11.3 Å². The first-order valence-electron chi connectivity index (χ1n) is 8.80. The number of ether oxygens (including phenoxy) is 1. The number of nitrogens with one attached hydrogen (secondary N) is 3. The number of hydrogen-bond acceptors (Lipinski definition) is 4. The minimum atomic E-state index is -0.669. The lowest BCUT2D eigenvalue weighted by molar-refractivity contribution is 0.0428. The van der Waals surface area contributed by atoms with Gasteiger partial charge in [0.05, 0.1) is 18.8 Å². The summed E-state index contributed by atoms with van der Waals surface area (Å²) in [5, 5.41) is 19.2. The van der Waals surface area contributed by atoms with Crippen LogP contribution in [0.2, 0.25) is 0 Å². The zero-order valence-corrected chi connectivity index (χ0v) is 14.8. The Morgan fingerprint density at radius 3 is 2.62 bits per heavy atom. The van der Waals surface area contributed by atoms with Crippen LogP contribution >= 0.6 is 0 Å². The molecule has 26 heavy (non-hydrogen) atoms. The van der Waals surface area contributed by atoms with Gasteiger partial charge in [-0.15, -0.1) is 0 Å². The zero-order valence-electron chi connectivity index (χ0n) is 14.8. The number of amides is 2. The molecule has 2 aromatic carbocycles. The first-order chi connectivity index (χ1) is 12.6. The minimum absolute atomic E-state index is 0.153. The molecule has 3 rings (SSSR count). The molecule has 3 atom stereocenters. The fourth-order valence-corrected chi connectivity index (χ4v) is 2.89. The van der Waals surface area contributed by atoms with E-state index in [0.29, 0.717) is 13.2 Å². The minimum Gasteiger partial charge on any atom is -0.389 e. The largest absolute Gasteiger partial charge is 0.389 e. The van der Waals surface area contributed by atoms with Crippen LogP contribution in [0.5, 0.6) is 0 Å². The Morgan fingerprint density at radius 1 is 1.15 bits per heavy atom. The highest BCUT2D eigenvalue weighted by Crippen LogP contribution is 2.15. The number of hydrogen-bond donors (Lipinski definition) is 4. The van der Waals surface area contributed by atoms with E-state index in [1.54, 1.807) is 0 Å². The number of aliphatic hydroxyl groups is 1. The van der Waals surface area contributed by atoms with Gasteiger partial charge in [-0.25, -0.2) is 4.79 Å². The van der Waals surface area contributed by atoms with Crippen LogP contribution in [-0.2, 0) is 11.3 Å². The van der Waals surface area contributed by atoms with E-state index in [9.17, 15) is 9.90 Å². The van der Waals surface area contributed by atoms with E-state index in [-0.39, 0.29) is 18.6 Å². The molecule has 1 saturated heterocycles. The van der Waals surface area contributed by atoms with Gasteiger partial charge in [-0.2, -0.15) is 0 Å². The Bertz CT molecular complexity index is 706. The molecule has 3 unspecified atom stereocenters. The van der Waals surface area contributed by atoms with E-state index >= 15 is 0 Å². The molecule has 2 aromatic rings. The molecule has 0 aromatic heterocycles. The highest BCUT2D eigenvalue weighted by atomic mass is 16.5. The molecule has 0 aliphatic carbocycles. The first kappa shape index (κ1) is 18.4. The van der Waals surface area contributed by atoms with Gasteiger partial charge in [-0.1, -0.05) is 48.0 Å². The lowest BCUT2D eigenvalue weighted by atomic mass is 10.1. The van der Waals surface area contributed by atoms with Crippen molar-refractivity contribution in [3.05, 3.63) is 65.7 Å². The summed E-state index contributed by atoms with van der Waals surface area (Å²) in [6, 6.07) is 17.0. The van der Waals surface area contributed by atoms with E-state index in [4.69, 9.17) is 4.74 Å². The molecule has 6 nitrogen and oxygen atoms in total. The van der Waals surface area contributed by atoms with Crippen LogP contribution in [-0.4, -0.2) is 42.5 Å². The van der Waals surface area contributed by atoms with Crippen molar-refractivity contribution in [1.29, 1.82) is 0 Å². The molecule has 1 aliphatic rings. The molecule has 1 fully saturated rings. The van der Waals surface area contributed by atoms with Gasteiger partial charge >= 0.3 is 6.03 Å². The Kier molecular flexibility index (Phi) is 6.22. The highest BCUT2D eigenvalue weighted by molar-refractivity contribution is 5.89. The second kappa shape index (κ2) is 8.80. The Labute approximate surface area is 153 Å². The maximum Gasteiger partial charge on any atom is 0.319 e. The van der Waals surface area contributed by atoms with Crippen LogP contribution in [0, 0.1) is 6.92 Å². The molecule has 0 radical (unpaired) electrons. The zero-order chi connectivity index (χ0) is 18.4. The molecular formula is C20H25N3O3. The van der Waals surface area contributed by atoms with Gasteiger partial charge in [0.15, 0.2) is 0 Å². The Morgan fingerprint density at radius 2 is 1.88 bits per heavy atom. The molecule has 138 valence electrons. The fraction of sp³-hybridized carbons (Fsp3) is 0.350. The van der Waals surface area contributed by atoms with E-state index < -0.39 is 12.2 Å². The summed E-state index contributed by atoms with van der Waals surface area (Å²) < 4.78 is 5.63. The van der Waals surface area contributed by atoms with Gasteiger partial charge in [-0.05, 0) is 24.6 Å².